The van der Waals surface area contributed by atoms with Gasteiger partial charge in [0, 0.05) is 0 Å². The quantitative estimate of drug-likeness (QED) is 0.488. The molecule has 13 heavy (non-hydrogen) atoms. The fourth-order valence-electron chi connectivity index (χ4n) is 1.11. The van der Waals surface area contributed by atoms with Crippen LogP contribution in [0, 0.1) is 0 Å². The monoisotopic (exact) mass is 180 g/mol. The topological polar surface area (TPSA) is 44.8 Å². The van der Waals surface area contributed by atoms with E-state index in [1.807, 2.05) is 30.3 Å². The Morgan fingerprint density at radius 3 is 2.62 bits per heavy atom. The van der Waals surface area contributed by atoms with Crippen LogP contribution < -0.4 is 0 Å². The summed E-state index contributed by atoms with van der Waals surface area (Å²) in [6.45, 7) is 0.197. The maximum Gasteiger partial charge on any atom is 0.540 e. The second kappa shape index (κ2) is 3.45. The Labute approximate surface area is 75.0 Å². The van der Waals surface area contributed by atoms with Crippen LogP contribution in [-0.4, -0.2) is 12.8 Å². The molecule has 0 aromatic heterocycles. The predicted molar refractivity (Wildman–Crippen MR) is 42.7 cm³/mol. The van der Waals surface area contributed by atoms with E-state index in [-0.39, 0.29) is 12.7 Å². The van der Waals surface area contributed by atoms with Gasteiger partial charge < -0.3 is 4.74 Å². The fraction of sp³-hybridized carbons (Fsp3) is 0.222. The van der Waals surface area contributed by atoms with Crippen molar-refractivity contribution in [2.75, 3.05) is 6.61 Å². The van der Waals surface area contributed by atoms with E-state index >= 15 is 0 Å². The third-order valence-electron chi connectivity index (χ3n) is 1.76. The molecule has 1 aromatic carbocycles. The van der Waals surface area contributed by atoms with Gasteiger partial charge in [-0.3, -0.25) is 4.89 Å². The van der Waals surface area contributed by atoms with Crippen molar-refractivity contribution in [3.8, 4) is 0 Å². The third kappa shape index (κ3) is 1.78. The molecule has 0 saturated carbocycles. The average Bonchev–Trinajstić information content (AvgIpc) is 2.20. The van der Waals surface area contributed by atoms with Crippen LogP contribution in [0.4, 0.5) is 4.79 Å². The first-order valence-corrected chi connectivity index (χ1v) is 3.91. The smallest absolute Gasteiger partial charge is 0.429 e. The number of rotatable bonds is 1. The minimum atomic E-state index is -0.785. The Bertz CT molecular complexity index is 286. The lowest BCUT2D eigenvalue weighted by molar-refractivity contribution is -0.323. The first kappa shape index (κ1) is 8.07. The number of carbonyl (C=O) groups excluding carboxylic acids is 1. The zero-order chi connectivity index (χ0) is 9.10. The van der Waals surface area contributed by atoms with Gasteiger partial charge in [0.1, 0.15) is 6.61 Å². The van der Waals surface area contributed by atoms with Crippen LogP contribution in [-0.2, 0) is 14.5 Å². The van der Waals surface area contributed by atoms with Gasteiger partial charge >= 0.3 is 6.16 Å². The van der Waals surface area contributed by atoms with Gasteiger partial charge in [-0.15, -0.1) is 0 Å². The van der Waals surface area contributed by atoms with Crippen molar-refractivity contribution in [1.29, 1.82) is 0 Å². The lowest BCUT2D eigenvalue weighted by Crippen LogP contribution is -2.23. The molecule has 4 heteroatoms. The molecule has 0 bridgehead atoms. The van der Waals surface area contributed by atoms with Crippen LogP contribution in [0.3, 0.4) is 0 Å². The summed E-state index contributed by atoms with van der Waals surface area (Å²) in [5, 5.41) is 0. The van der Waals surface area contributed by atoms with Crippen molar-refractivity contribution in [2.45, 2.75) is 6.10 Å². The molecule has 0 amide bonds. The van der Waals surface area contributed by atoms with E-state index in [1.54, 1.807) is 0 Å². The summed E-state index contributed by atoms with van der Waals surface area (Å²) in [4.78, 5) is 19.6. The SMILES string of the molecule is O=C1OC[C@@H](c2ccccc2)OO1. The summed E-state index contributed by atoms with van der Waals surface area (Å²) in [6, 6.07) is 9.43. The highest BCUT2D eigenvalue weighted by Gasteiger charge is 2.23. The molecule has 0 N–H and O–H groups in total. The van der Waals surface area contributed by atoms with Gasteiger partial charge in [-0.2, -0.15) is 4.89 Å². The number of hydrogen-bond acceptors (Lipinski definition) is 4. The average molecular weight is 180 g/mol. The largest absolute Gasteiger partial charge is 0.540 e. The van der Waals surface area contributed by atoms with Crippen LogP contribution in [0.1, 0.15) is 11.7 Å². The van der Waals surface area contributed by atoms with Crippen molar-refractivity contribution < 1.29 is 19.3 Å². The summed E-state index contributed by atoms with van der Waals surface area (Å²) >= 11 is 0. The summed E-state index contributed by atoms with van der Waals surface area (Å²) in [7, 11) is 0. The van der Waals surface area contributed by atoms with Crippen molar-refractivity contribution in [3.63, 3.8) is 0 Å². The van der Waals surface area contributed by atoms with E-state index in [0.717, 1.165) is 5.56 Å². The van der Waals surface area contributed by atoms with Crippen molar-refractivity contribution in [1.82, 2.24) is 0 Å². The minimum absolute atomic E-state index is 0.197. The van der Waals surface area contributed by atoms with Gasteiger partial charge in [0.2, 0.25) is 0 Å². The van der Waals surface area contributed by atoms with E-state index in [2.05, 4.69) is 9.62 Å². The van der Waals surface area contributed by atoms with E-state index in [0.29, 0.717) is 0 Å². The van der Waals surface area contributed by atoms with Gasteiger partial charge in [-0.05, 0) is 5.56 Å². The molecule has 0 aliphatic carbocycles. The molecular formula is C9H8O4. The van der Waals surface area contributed by atoms with E-state index < -0.39 is 6.16 Å². The van der Waals surface area contributed by atoms with E-state index in [9.17, 15) is 4.79 Å². The van der Waals surface area contributed by atoms with Gasteiger partial charge in [-0.25, -0.2) is 4.79 Å². The van der Waals surface area contributed by atoms with Crippen LogP contribution in [0.25, 0.3) is 0 Å². The number of benzene rings is 1. The Morgan fingerprint density at radius 2 is 2.00 bits per heavy atom. The summed E-state index contributed by atoms with van der Waals surface area (Å²) < 4.78 is 4.66. The van der Waals surface area contributed by atoms with Crippen LogP contribution >= 0.6 is 0 Å². The summed E-state index contributed by atoms with van der Waals surface area (Å²) in [5.41, 5.74) is 0.926. The number of hydrogen-bond donors (Lipinski definition) is 0. The molecule has 0 spiro atoms. The third-order valence-corrected chi connectivity index (χ3v) is 1.76. The van der Waals surface area contributed by atoms with Crippen molar-refractivity contribution in [3.05, 3.63) is 35.9 Å². The fourth-order valence-corrected chi connectivity index (χ4v) is 1.11. The molecule has 68 valence electrons. The first-order chi connectivity index (χ1) is 6.36. The molecule has 1 aliphatic rings. The summed E-state index contributed by atoms with van der Waals surface area (Å²) in [6.07, 6.45) is -1.11. The van der Waals surface area contributed by atoms with Crippen LogP contribution in [0.15, 0.2) is 30.3 Å². The first-order valence-electron chi connectivity index (χ1n) is 3.91. The highest BCUT2D eigenvalue weighted by atomic mass is 17.2. The molecular weight excluding hydrogens is 172 g/mol. The maximum absolute atomic E-state index is 10.5. The Kier molecular flexibility index (Phi) is 2.14. The molecule has 1 aromatic rings. The molecule has 1 atom stereocenters. The molecule has 4 nitrogen and oxygen atoms in total. The molecule has 0 unspecified atom stereocenters. The molecule has 1 saturated heterocycles. The zero-order valence-corrected chi connectivity index (χ0v) is 6.80. The predicted octanol–water partition coefficient (Wildman–Crippen LogP) is 1.83. The number of carbonyl (C=O) groups is 1. The summed E-state index contributed by atoms with van der Waals surface area (Å²) in [5.74, 6) is 0. The number of ether oxygens (including phenoxy) is 1. The molecule has 1 aliphatic heterocycles. The lowest BCUT2D eigenvalue weighted by atomic mass is 10.1. The van der Waals surface area contributed by atoms with Gasteiger partial charge in [0.25, 0.3) is 0 Å². The van der Waals surface area contributed by atoms with Gasteiger partial charge in [0.15, 0.2) is 6.10 Å². The Hall–Kier alpha value is -1.55. The standard InChI is InChI=1S/C9H8O4/c10-9-11-6-8(12-13-9)7-4-2-1-3-5-7/h1-5,8H,6H2/t8-/m0/s1. The molecule has 1 heterocycles. The maximum atomic E-state index is 10.5. The second-order valence-corrected chi connectivity index (χ2v) is 2.64. The Balaban J connectivity index is 2.07. The van der Waals surface area contributed by atoms with Crippen LogP contribution in [0.2, 0.25) is 0 Å². The molecule has 2 rings (SSSR count). The van der Waals surface area contributed by atoms with Gasteiger partial charge in [-0.1, -0.05) is 30.3 Å². The van der Waals surface area contributed by atoms with Crippen molar-refractivity contribution in [2.24, 2.45) is 0 Å². The Morgan fingerprint density at radius 1 is 1.23 bits per heavy atom. The van der Waals surface area contributed by atoms with Crippen molar-refractivity contribution >= 4 is 6.16 Å². The lowest BCUT2D eigenvalue weighted by Gasteiger charge is -2.20. The second-order valence-electron chi connectivity index (χ2n) is 2.64. The minimum Gasteiger partial charge on any atom is -0.429 e. The molecule has 1 fully saturated rings. The highest BCUT2D eigenvalue weighted by Crippen LogP contribution is 2.21. The number of cyclic esters (lactones) is 1. The van der Waals surface area contributed by atoms with Crippen LogP contribution in [0.5, 0.6) is 0 Å². The van der Waals surface area contributed by atoms with E-state index in [4.69, 9.17) is 4.89 Å². The van der Waals surface area contributed by atoms with E-state index in [1.165, 1.54) is 0 Å². The zero-order valence-electron chi connectivity index (χ0n) is 6.80. The normalized spacial score (nSPS) is 21.8. The highest BCUT2D eigenvalue weighted by molar-refractivity contribution is 5.59. The van der Waals surface area contributed by atoms with Gasteiger partial charge in [0.05, 0.1) is 0 Å². The molecule has 0 radical (unpaired) electrons.